The molecule has 2 fully saturated rings. The van der Waals surface area contributed by atoms with Crippen LogP contribution in [0.1, 0.15) is 12.8 Å². The first-order chi connectivity index (χ1) is 8.96. The molecule has 0 aliphatic carbocycles. The highest BCUT2D eigenvalue weighted by atomic mass is 79.9. The fraction of sp³-hybridized carbons (Fsp3) is 0.500. The number of nitrogens with two attached hydrogens (primary N) is 1. The van der Waals surface area contributed by atoms with Crippen molar-refractivity contribution < 1.29 is 13.2 Å². The van der Waals surface area contributed by atoms with E-state index in [9.17, 15) is 8.42 Å². The number of sulfonamides is 1. The minimum atomic E-state index is -3.46. The summed E-state index contributed by atoms with van der Waals surface area (Å²) < 4.78 is 32.9. The zero-order chi connectivity index (χ0) is 13.6. The van der Waals surface area contributed by atoms with Crippen molar-refractivity contribution >= 4 is 31.6 Å². The van der Waals surface area contributed by atoms with Crippen LogP contribution in [0.2, 0.25) is 0 Å². The SMILES string of the molecule is Nc1ccc(S(=O)(=O)N2CC3CCC(C2)O3)cc1Br. The maximum Gasteiger partial charge on any atom is 0.243 e. The first-order valence-corrected chi connectivity index (χ1v) is 8.41. The summed E-state index contributed by atoms with van der Waals surface area (Å²) in [6.45, 7) is 0.891. The molecular weight excluding hydrogens is 332 g/mol. The largest absolute Gasteiger partial charge is 0.398 e. The number of benzene rings is 1. The van der Waals surface area contributed by atoms with Crippen LogP contribution in [0.4, 0.5) is 5.69 Å². The van der Waals surface area contributed by atoms with E-state index < -0.39 is 10.0 Å². The Morgan fingerprint density at radius 1 is 1.26 bits per heavy atom. The molecule has 1 aromatic rings. The van der Waals surface area contributed by atoms with Gasteiger partial charge in [0.1, 0.15) is 0 Å². The van der Waals surface area contributed by atoms with E-state index in [1.54, 1.807) is 18.2 Å². The monoisotopic (exact) mass is 346 g/mol. The van der Waals surface area contributed by atoms with E-state index in [1.807, 2.05) is 0 Å². The summed E-state index contributed by atoms with van der Waals surface area (Å²) in [6.07, 6.45) is 1.99. The third-order valence-electron chi connectivity index (χ3n) is 3.62. The number of nitrogens with zero attached hydrogens (tertiary/aromatic N) is 1. The Kier molecular flexibility index (Phi) is 3.33. The summed E-state index contributed by atoms with van der Waals surface area (Å²) in [5.41, 5.74) is 6.22. The molecule has 2 N–H and O–H groups in total. The molecule has 104 valence electrons. The van der Waals surface area contributed by atoms with Gasteiger partial charge in [-0.2, -0.15) is 4.31 Å². The molecule has 1 aromatic carbocycles. The number of halogens is 1. The van der Waals surface area contributed by atoms with Gasteiger partial charge >= 0.3 is 0 Å². The first kappa shape index (κ1) is 13.4. The van der Waals surface area contributed by atoms with Gasteiger partial charge < -0.3 is 10.5 Å². The van der Waals surface area contributed by atoms with Crippen LogP contribution in [0, 0.1) is 0 Å². The lowest BCUT2D eigenvalue weighted by Crippen LogP contribution is -2.45. The van der Waals surface area contributed by atoms with Crippen LogP contribution >= 0.6 is 15.9 Å². The zero-order valence-corrected chi connectivity index (χ0v) is 12.7. The molecule has 0 amide bonds. The summed E-state index contributed by atoms with van der Waals surface area (Å²) in [6, 6.07) is 4.71. The Labute approximate surface area is 120 Å². The normalized spacial score (nSPS) is 27.6. The first-order valence-electron chi connectivity index (χ1n) is 6.17. The minimum Gasteiger partial charge on any atom is -0.398 e. The van der Waals surface area contributed by atoms with Gasteiger partial charge in [-0.25, -0.2) is 8.42 Å². The van der Waals surface area contributed by atoms with Crippen LogP contribution in [-0.2, 0) is 14.8 Å². The maximum atomic E-state index is 12.6. The van der Waals surface area contributed by atoms with E-state index in [2.05, 4.69) is 15.9 Å². The molecule has 2 atom stereocenters. The molecule has 3 rings (SSSR count). The Hall–Kier alpha value is -0.630. The predicted octanol–water partition coefficient (Wildman–Crippen LogP) is 1.58. The number of anilines is 1. The van der Waals surface area contributed by atoms with Gasteiger partial charge in [-0.15, -0.1) is 0 Å². The standard InChI is InChI=1S/C12H15BrN2O3S/c13-11-5-10(3-4-12(11)14)19(16,17)15-6-8-1-2-9(7-15)18-8/h3-5,8-9H,1-2,6-7,14H2. The highest BCUT2D eigenvalue weighted by Gasteiger charge is 2.39. The van der Waals surface area contributed by atoms with Gasteiger partial charge in [0.2, 0.25) is 10.0 Å². The molecule has 7 heteroatoms. The van der Waals surface area contributed by atoms with E-state index >= 15 is 0 Å². The van der Waals surface area contributed by atoms with Gasteiger partial charge in [-0.05, 0) is 47.0 Å². The van der Waals surface area contributed by atoms with Crippen molar-refractivity contribution in [2.24, 2.45) is 0 Å². The maximum absolute atomic E-state index is 12.6. The van der Waals surface area contributed by atoms with E-state index in [0.29, 0.717) is 23.2 Å². The van der Waals surface area contributed by atoms with E-state index in [4.69, 9.17) is 10.5 Å². The van der Waals surface area contributed by atoms with Gasteiger partial charge in [0.05, 0.1) is 17.1 Å². The van der Waals surface area contributed by atoms with Crippen molar-refractivity contribution in [2.75, 3.05) is 18.8 Å². The van der Waals surface area contributed by atoms with Crippen LogP contribution in [-0.4, -0.2) is 38.0 Å². The van der Waals surface area contributed by atoms with Crippen molar-refractivity contribution in [1.29, 1.82) is 0 Å². The van der Waals surface area contributed by atoms with E-state index in [-0.39, 0.29) is 17.1 Å². The van der Waals surface area contributed by atoms with Crippen molar-refractivity contribution in [3.63, 3.8) is 0 Å². The van der Waals surface area contributed by atoms with Crippen molar-refractivity contribution in [3.8, 4) is 0 Å². The third-order valence-corrected chi connectivity index (χ3v) is 6.13. The highest BCUT2D eigenvalue weighted by molar-refractivity contribution is 9.10. The van der Waals surface area contributed by atoms with Crippen molar-refractivity contribution in [3.05, 3.63) is 22.7 Å². The molecule has 2 bridgehead atoms. The topological polar surface area (TPSA) is 72.6 Å². The second-order valence-electron chi connectivity index (χ2n) is 4.96. The highest BCUT2D eigenvalue weighted by Crippen LogP contribution is 2.31. The van der Waals surface area contributed by atoms with Crippen LogP contribution in [0.5, 0.6) is 0 Å². The average Bonchev–Trinajstić information content (AvgIpc) is 2.71. The second kappa shape index (κ2) is 4.73. The number of nitrogen functional groups attached to an aromatic ring is 1. The van der Waals surface area contributed by atoms with Crippen LogP contribution in [0.25, 0.3) is 0 Å². The van der Waals surface area contributed by atoms with Crippen LogP contribution < -0.4 is 5.73 Å². The molecule has 5 nitrogen and oxygen atoms in total. The summed E-state index contributed by atoms with van der Waals surface area (Å²) in [5, 5.41) is 0. The van der Waals surface area contributed by atoms with Gasteiger partial charge in [0.25, 0.3) is 0 Å². The van der Waals surface area contributed by atoms with Gasteiger partial charge in [-0.3, -0.25) is 0 Å². The smallest absolute Gasteiger partial charge is 0.243 e. The number of hydrogen-bond acceptors (Lipinski definition) is 4. The number of fused-ring (bicyclic) bond motifs is 2. The van der Waals surface area contributed by atoms with Gasteiger partial charge in [-0.1, -0.05) is 0 Å². The van der Waals surface area contributed by atoms with Gasteiger partial charge in [0.15, 0.2) is 0 Å². The molecule has 0 spiro atoms. The Morgan fingerprint density at radius 2 is 1.89 bits per heavy atom. The second-order valence-corrected chi connectivity index (χ2v) is 7.76. The quantitative estimate of drug-likeness (QED) is 0.825. The molecule has 0 radical (unpaired) electrons. The Morgan fingerprint density at radius 3 is 2.47 bits per heavy atom. The number of ether oxygens (including phenoxy) is 1. The van der Waals surface area contributed by atoms with E-state index in [1.165, 1.54) is 4.31 Å². The van der Waals surface area contributed by atoms with Crippen molar-refractivity contribution in [1.82, 2.24) is 4.31 Å². The van der Waals surface area contributed by atoms with Gasteiger partial charge in [0, 0.05) is 23.2 Å². The molecule has 0 saturated carbocycles. The van der Waals surface area contributed by atoms with Crippen molar-refractivity contribution in [2.45, 2.75) is 29.9 Å². The lowest BCUT2D eigenvalue weighted by molar-refractivity contribution is -0.0114. The fourth-order valence-electron chi connectivity index (χ4n) is 2.59. The molecule has 2 heterocycles. The summed E-state index contributed by atoms with van der Waals surface area (Å²) in [4.78, 5) is 0.273. The summed E-state index contributed by atoms with van der Waals surface area (Å²) >= 11 is 3.27. The summed E-state index contributed by atoms with van der Waals surface area (Å²) in [5.74, 6) is 0. The molecule has 2 aliphatic rings. The summed E-state index contributed by atoms with van der Waals surface area (Å²) in [7, 11) is -3.46. The lowest BCUT2D eigenvalue weighted by atomic mass is 10.2. The molecule has 19 heavy (non-hydrogen) atoms. The lowest BCUT2D eigenvalue weighted by Gasteiger charge is -2.31. The van der Waals surface area contributed by atoms with Crippen LogP contribution in [0.3, 0.4) is 0 Å². The Balaban J connectivity index is 1.91. The van der Waals surface area contributed by atoms with E-state index in [0.717, 1.165) is 12.8 Å². The molecule has 2 aliphatic heterocycles. The third kappa shape index (κ3) is 2.40. The number of morpholine rings is 1. The average molecular weight is 347 g/mol. The molecule has 0 aromatic heterocycles. The number of rotatable bonds is 2. The fourth-order valence-corrected chi connectivity index (χ4v) is 4.65. The molecule has 2 saturated heterocycles. The molecular formula is C12H15BrN2O3S. The zero-order valence-electron chi connectivity index (χ0n) is 10.3. The predicted molar refractivity (Wildman–Crippen MR) is 75.2 cm³/mol. The Bertz CT molecular complexity index is 593. The minimum absolute atomic E-state index is 0.0470. The molecule has 2 unspecified atom stereocenters. The van der Waals surface area contributed by atoms with Crippen LogP contribution in [0.15, 0.2) is 27.6 Å². The number of hydrogen-bond donors (Lipinski definition) is 1.